The predicted octanol–water partition coefficient (Wildman–Crippen LogP) is 3.40. The molecule has 0 aliphatic rings. The molecule has 0 aromatic rings. The van der Waals surface area contributed by atoms with E-state index in [0.29, 0.717) is 12.1 Å². The minimum Gasteiger partial charge on any atom is -0.248 e. The van der Waals surface area contributed by atoms with E-state index in [1.807, 2.05) is 18.2 Å². The first-order valence-electron chi connectivity index (χ1n) is 4.03. The van der Waals surface area contributed by atoms with E-state index in [2.05, 4.69) is 40.5 Å². The molecule has 0 amide bonds. The Labute approximate surface area is 83.5 Å². The van der Waals surface area contributed by atoms with Crippen LogP contribution in [0.3, 0.4) is 0 Å². The van der Waals surface area contributed by atoms with E-state index in [4.69, 9.17) is 0 Å². The minimum absolute atomic E-state index is 0. The molecule has 0 radical (unpaired) electrons. The van der Waals surface area contributed by atoms with Gasteiger partial charge in [-0.05, 0) is 27.7 Å². The number of hydrogen-bond acceptors (Lipinski definition) is 2. The zero-order valence-corrected chi connectivity index (χ0v) is 10.2. The summed E-state index contributed by atoms with van der Waals surface area (Å²) < 4.78 is 2.03. The lowest BCUT2D eigenvalue weighted by atomic mass is 10.3. The number of thiol groups is 1. The summed E-state index contributed by atoms with van der Waals surface area (Å²) in [6, 6.07) is 1.08. The van der Waals surface area contributed by atoms with Gasteiger partial charge in [0, 0.05) is 12.1 Å². The monoisotopic (exact) mass is 199 g/mol. The van der Waals surface area contributed by atoms with Crippen molar-refractivity contribution >= 4 is 25.2 Å². The van der Waals surface area contributed by atoms with Gasteiger partial charge in [-0.3, -0.25) is 0 Å². The fourth-order valence-corrected chi connectivity index (χ4v) is 0.596. The molecule has 0 atom stereocenters. The molecule has 0 spiro atoms. The molecule has 0 aliphatic heterocycles. The maximum Gasteiger partial charge on any atom is 0.0146 e. The van der Waals surface area contributed by atoms with Crippen LogP contribution in [0, 0.1) is 0 Å². The summed E-state index contributed by atoms with van der Waals surface area (Å²) in [5.74, 6) is 0. The lowest BCUT2D eigenvalue weighted by Gasteiger charge is -2.23. The normalized spacial score (nSPS) is 9.27. The fourth-order valence-electron chi connectivity index (χ4n) is 0.596. The molecule has 11 heavy (non-hydrogen) atoms. The SMILES string of the molecule is CC.CC(C)N(S)C(C)C.Cl. The van der Waals surface area contributed by atoms with Crippen molar-refractivity contribution in [3.63, 3.8) is 0 Å². The van der Waals surface area contributed by atoms with Crippen molar-refractivity contribution in [2.24, 2.45) is 0 Å². The van der Waals surface area contributed by atoms with Crippen molar-refractivity contribution in [1.82, 2.24) is 4.31 Å². The molecule has 1 nitrogen and oxygen atoms in total. The summed E-state index contributed by atoms with van der Waals surface area (Å²) >= 11 is 4.25. The van der Waals surface area contributed by atoms with Gasteiger partial charge in [0.15, 0.2) is 0 Å². The summed E-state index contributed by atoms with van der Waals surface area (Å²) in [6.07, 6.45) is 0. The Morgan fingerprint density at radius 2 is 1.09 bits per heavy atom. The first kappa shape index (κ1) is 17.6. The molecule has 0 saturated carbocycles. The second-order valence-electron chi connectivity index (χ2n) is 2.57. The summed E-state index contributed by atoms with van der Waals surface area (Å²) in [5.41, 5.74) is 0. The first-order valence-corrected chi connectivity index (χ1v) is 4.43. The van der Waals surface area contributed by atoms with Gasteiger partial charge in [0.05, 0.1) is 0 Å². The Morgan fingerprint density at radius 3 is 1.09 bits per heavy atom. The van der Waals surface area contributed by atoms with Gasteiger partial charge in [0.25, 0.3) is 0 Å². The third-order valence-corrected chi connectivity index (χ3v) is 1.98. The van der Waals surface area contributed by atoms with Crippen LogP contribution in [-0.2, 0) is 0 Å². The van der Waals surface area contributed by atoms with E-state index < -0.39 is 0 Å². The van der Waals surface area contributed by atoms with Gasteiger partial charge in [-0.2, -0.15) is 0 Å². The Morgan fingerprint density at radius 1 is 0.909 bits per heavy atom. The Balaban J connectivity index is -0.000000196. The molecule has 0 N–H and O–H groups in total. The van der Waals surface area contributed by atoms with Crippen LogP contribution in [0.5, 0.6) is 0 Å². The minimum atomic E-state index is 0. The largest absolute Gasteiger partial charge is 0.248 e. The van der Waals surface area contributed by atoms with Crippen LogP contribution in [0.25, 0.3) is 0 Å². The smallest absolute Gasteiger partial charge is 0.0146 e. The van der Waals surface area contributed by atoms with Crippen molar-refractivity contribution in [2.75, 3.05) is 0 Å². The number of halogens is 1. The zero-order chi connectivity index (χ0) is 8.73. The van der Waals surface area contributed by atoms with Crippen molar-refractivity contribution in [1.29, 1.82) is 0 Å². The average molecular weight is 200 g/mol. The van der Waals surface area contributed by atoms with E-state index in [1.165, 1.54) is 0 Å². The maximum absolute atomic E-state index is 4.25. The van der Waals surface area contributed by atoms with E-state index in [-0.39, 0.29) is 12.4 Å². The second-order valence-corrected chi connectivity index (χ2v) is 3.03. The summed E-state index contributed by atoms with van der Waals surface area (Å²) in [4.78, 5) is 0. The Bertz CT molecular complexity index is 59.1. The Kier molecular flexibility index (Phi) is 17.0. The molecule has 0 aromatic heterocycles. The molecule has 72 valence electrons. The lowest BCUT2D eigenvalue weighted by molar-refractivity contribution is 0.340. The number of hydrogen-bond donors (Lipinski definition) is 1. The zero-order valence-electron chi connectivity index (χ0n) is 8.46. The van der Waals surface area contributed by atoms with Gasteiger partial charge < -0.3 is 0 Å². The van der Waals surface area contributed by atoms with Crippen LogP contribution in [-0.4, -0.2) is 16.4 Å². The third kappa shape index (κ3) is 10.6. The van der Waals surface area contributed by atoms with Gasteiger partial charge in [-0.1, -0.05) is 26.7 Å². The third-order valence-electron chi connectivity index (χ3n) is 1.06. The van der Waals surface area contributed by atoms with E-state index in [9.17, 15) is 0 Å². The molecule has 0 heterocycles. The van der Waals surface area contributed by atoms with Crippen LogP contribution in [0.15, 0.2) is 0 Å². The molecule has 0 aromatic carbocycles. The lowest BCUT2D eigenvalue weighted by Crippen LogP contribution is -2.27. The summed E-state index contributed by atoms with van der Waals surface area (Å²) in [7, 11) is 0. The van der Waals surface area contributed by atoms with Crippen molar-refractivity contribution in [3.8, 4) is 0 Å². The highest BCUT2D eigenvalue weighted by molar-refractivity contribution is 7.77. The van der Waals surface area contributed by atoms with Crippen LogP contribution >= 0.6 is 25.2 Å². The van der Waals surface area contributed by atoms with Crippen LogP contribution in [0.1, 0.15) is 41.5 Å². The van der Waals surface area contributed by atoms with E-state index in [1.54, 1.807) is 0 Å². The van der Waals surface area contributed by atoms with Crippen LogP contribution in [0.2, 0.25) is 0 Å². The van der Waals surface area contributed by atoms with Crippen molar-refractivity contribution in [2.45, 2.75) is 53.6 Å². The van der Waals surface area contributed by atoms with E-state index >= 15 is 0 Å². The molecule has 0 unspecified atom stereocenters. The molecular weight excluding hydrogens is 178 g/mol. The molecule has 0 rings (SSSR count). The molecule has 0 aliphatic carbocycles. The fraction of sp³-hybridized carbons (Fsp3) is 1.00. The van der Waals surface area contributed by atoms with Crippen LogP contribution < -0.4 is 0 Å². The summed E-state index contributed by atoms with van der Waals surface area (Å²) in [6.45, 7) is 12.5. The van der Waals surface area contributed by atoms with Gasteiger partial charge in [-0.25, -0.2) is 4.31 Å². The van der Waals surface area contributed by atoms with Gasteiger partial charge in [-0.15, -0.1) is 12.4 Å². The quantitative estimate of drug-likeness (QED) is 0.668. The highest BCUT2D eigenvalue weighted by Gasteiger charge is 2.06. The van der Waals surface area contributed by atoms with Gasteiger partial charge in [0.2, 0.25) is 0 Å². The molecule has 3 heteroatoms. The second kappa shape index (κ2) is 10.6. The molecule has 0 fully saturated rings. The van der Waals surface area contributed by atoms with E-state index in [0.717, 1.165) is 0 Å². The van der Waals surface area contributed by atoms with Crippen LogP contribution in [0.4, 0.5) is 0 Å². The molecule has 0 saturated heterocycles. The Hall–Kier alpha value is 0.600. The van der Waals surface area contributed by atoms with Crippen molar-refractivity contribution < 1.29 is 0 Å². The van der Waals surface area contributed by atoms with Crippen molar-refractivity contribution in [3.05, 3.63) is 0 Å². The summed E-state index contributed by atoms with van der Waals surface area (Å²) in [5, 5.41) is 0. The number of rotatable bonds is 2. The topological polar surface area (TPSA) is 3.24 Å². The van der Waals surface area contributed by atoms with Gasteiger partial charge in [0.1, 0.15) is 0 Å². The highest BCUT2D eigenvalue weighted by atomic mass is 35.5. The molecule has 0 bridgehead atoms. The highest BCUT2D eigenvalue weighted by Crippen LogP contribution is 2.06. The predicted molar refractivity (Wildman–Crippen MR) is 59.7 cm³/mol. The maximum atomic E-state index is 4.25. The number of nitrogens with zero attached hydrogens (tertiary/aromatic N) is 1. The standard InChI is InChI=1S/C6H15NS.C2H6.ClH/c1-5(2)7(8)6(3)4;1-2;/h5-6,8H,1-4H3;1-2H3;1H. The van der Waals surface area contributed by atoms with Gasteiger partial charge >= 0.3 is 0 Å². The molecular formula is C8H22ClNS. The first-order chi connectivity index (χ1) is 4.55. The average Bonchev–Trinajstić information content (AvgIpc) is 1.90.